The zero-order valence-electron chi connectivity index (χ0n) is 14.8. The lowest BCUT2D eigenvalue weighted by Crippen LogP contribution is -2.43. The monoisotopic (exact) mass is 368 g/mol. The molecule has 1 aromatic rings. The van der Waals surface area contributed by atoms with Gasteiger partial charge in [-0.3, -0.25) is 4.79 Å². The third-order valence-electron chi connectivity index (χ3n) is 4.24. The van der Waals surface area contributed by atoms with Gasteiger partial charge in [0.1, 0.15) is 0 Å². The van der Waals surface area contributed by atoms with E-state index in [0.717, 1.165) is 5.69 Å². The van der Waals surface area contributed by atoms with E-state index in [1.807, 2.05) is 25.1 Å². The Balaban J connectivity index is 1.96. The standard InChI is InChI=1S/C17H24N2O5S/c1-4-19(15-8-9-25(22,23)12-15)16(20)11-24-17(21)13-6-5-7-14(10-13)18(2)3/h5-7,10,15H,4,8-9,11-12H2,1-3H3. The minimum atomic E-state index is -3.08. The summed E-state index contributed by atoms with van der Waals surface area (Å²) in [5.41, 5.74) is 1.22. The second-order valence-electron chi connectivity index (χ2n) is 6.26. The summed E-state index contributed by atoms with van der Waals surface area (Å²) in [7, 11) is 0.650. The number of hydrogen-bond donors (Lipinski definition) is 0. The number of anilines is 1. The third-order valence-corrected chi connectivity index (χ3v) is 5.99. The fraction of sp³-hybridized carbons (Fsp3) is 0.529. The van der Waals surface area contributed by atoms with Crippen molar-refractivity contribution in [3.05, 3.63) is 29.8 Å². The number of likely N-dealkylation sites (N-methyl/N-ethyl adjacent to an activating group) is 1. The molecule has 1 amide bonds. The second-order valence-corrected chi connectivity index (χ2v) is 8.49. The van der Waals surface area contributed by atoms with E-state index in [9.17, 15) is 18.0 Å². The normalized spacial score (nSPS) is 18.6. The van der Waals surface area contributed by atoms with Gasteiger partial charge in [0.2, 0.25) is 0 Å². The van der Waals surface area contributed by atoms with Crippen molar-refractivity contribution >= 4 is 27.4 Å². The molecule has 1 atom stereocenters. The Kier molecular flexibility index (Phi) is 6.05. The summed E-state index contributed by atoms with van der Waals surface area (Å²) in [6.07, 6.45) is 0.431. The predicted molar refractivity (Wildman–Crippen MR) is 95.5 cm³/mol. The van der Waals surface area contributed by atoms with Crippen molar-refractivity contribution in [1.29, 1.82) is 0 Å². The number of rotatable bonds is 6. The molecule has 0 radical (unpaired) electrons. The highest BCUT2D eigenvalue weighted by Crippen LogP contribution is 2.18. The lowest BCUT2D eigenvalue weighted by atomic mass is 10.2. The van der Waals surface area contributed by atoms with E-state index in [1.54, 1.807) is 25.1 Å². The molecule has 8 heteroatoms. The van der Waals surface area contributed by atoms with Crippen molar-refractivity contribution < 1.29 is 22.7 Å². The van der Waals surface area contributed by atoms with Gasteiger partial charge in [0.25, 0.3) is 5.91 Å². The molecule has 1 fully saturated rings. The molecular weight excluding hydrogens is 344 g/mol. The first kappa shape index (κ1) is 19.2. The maximum atomic E-state index is 12.3. The summed E-state index contributed by atoms with van der Waals surface area (Å²) in [5, 5.41) is 0. The van der Waals surface area contributed by atoms with Crippen molar-refractivity contribution in [3.63, 3.8) is 0 Å². The number of amides is 1. The molecule has 2 rings (SSSR count). The zero-order chi connectivity index (χ0) is 18.6. The second kappa shape index (κ2) is 7.86. The molecule has 0 aliphatic carbocycles. The number of carbonyl (C=O) groups excluding carboxylic acids is 2. The van der Waals surface area contributed by atoms with Crippen LogP contribution in [0.3, 0.4) is 0 Å². The summed E-state index contributed by atoms with van der Waals surface area (Å²) >= 11 is 0. The molecule has 1 aliphatic heterocycles. The smallest absolute Gasteiger partial charge is 0.338 e. The van der Waals surface area contributed by atoms with E-state index in [1.165, 1.54) is 4.90 Å². The topological polar surface area (TPSA) is 84.0 Å². The number of esters is 1. The lowest BCUT2D eigenvalue weighted by Gasteiger charge is -2.26. The molecule has 0 bridgehead atoms. The van der Waals surface area contributed by atoms with Crippen LogP contribution in [0.15, 0.2) is 24.3 Å². The molecule has 1 unspecified atom stereocenters. The third kappa shape index (κ3) is 4.94. The first-order valence-electron chi connectivity index (χ1n) is 8.18. The van der Waals surface area contributed by atoms with E-state index in [4.69, 9.17) is 4.74 Å². The van der Waals surface area contributed by atoms with Crippen LogP contribution in [0.4, 0.5) is 5.69 Å². The average molecular weight is 368 g/mol. The largest absolute Gasteiger partial charge is 0.452 e. The number of benzene rings is 1. The maximum absolute atomic E-state index is 12.3. The Bertz CT molecular complexity index is 745. The highest BCUT2D eigenvalue weighted by molar-refractivity contribution is 7.91. The van der Waals surface area contributed by atoms with Gasteiger partial charge >= 0.3 is 5.97 Å². The van der Waals surface area contributed by atoms with Gasteiger partial charge in [0, 0.05) is 32.4 Å². The van der Waals surface area contributed by atoms with Crippen molar-refractivity contribution in [3.8, 4) is 0 Å². The van der Waals surface area contributed by atoms with Crippen molar-refractivity contribution in [1.82, 2.24) is 4.90 Å². The van der Waals surface area contributed by atoms with Gasteiger partial charge in [-0.1, -0.05) is 6.07 Å². The minimum absolute atomic E-state index is 0.0224. The predicted octanol–water partition coefficient (Wildman–Crippen LogP) is 0.945. The molecule has 0 N–H and O–H groups in total. The van der Waals surface area contributed by atoms with E-state index in [2.05, 4.69) is 0 Å². The number of carbonyl (C=O) groups is 2. The molecule has 25 heavy (non-hydrogen) atoms. The summed E-state index contributed by atoms with van der Waals surface area (Å²) in [6.45, 7) is 1.77. The Morgan fingerprint density at radius 3 is 2.56 bits per heavy atom. The van der Waals surface area contributed by atoms with Gasteiger partial charge in [-0.05, 0) is 31.5 Å². The zero-order valence-corrected chi connectivity index (χ0v) is 15.6. The van der Waals surface area contributed by atoms with Gasteiger partial charge in [0.05, 0.1) is 17.1 Å². The molecule has 1 saturated heterocycles. The highest BCUT2D eigenvalue weighted by atomic mass is 32.2. The average Bonchev–Trinajstić information content (AvgIpc) is 2.93. The molecule has 1 aromatic carbocycles. The summed E-state index contributed by atoms with van der Waals surface area (Å²) in [5.74, 6) is -0.877. The first-order chi connectivity index (χ1) is 11.7. The van der Waals surface area contributed by atoms with Gasteiger partial charge in [0.15, 0.2) is 16.4 Å². The minimum Gasteiger partial charge on any atom is -0.452 e. The fourth-order valence-electron chi connectivity index (χ4n) is 2.86. The van der Waals surface area contributed by atoms with E-state index in [-0.39, 0.29) is 23.5 Å². The molecule has 0 aromatic heterocycles. The van der Waals surface area contributed by atoms with Gasteiger partial charge < -0.3 is 14.5 Å². The highest BCUT2D eigenvalue weighted by Gasteiger charge is 2.34. The Hall–Kier alpha value is -2.09. The Morgan fingerprint density at radius 2 is 2.00 bits per heavy atom. The Morgan fingerprint density at radius 1 is 1.28 bits per heavy atom. The van der Waals surface area contributed by atoms with Crippen LogP contribution in [0, 0.1) is 0 Å². The van der Waals surface area contributed by atoms with Crippen molar-refractivity contribution in [2.45, 2.75) is 19.4 Å². The van der Waals surface area contributed by atoms with Crippen LogP contribution in [-0.2, 0) is 19.4 Å². The van der Waals surface area contributed by atoms with E-state index < -0.39 is 22.4 Å². The maximum Gasteiger partial charge on any atom is 0.338 e. The molecule has 1 aliphatic rings. The van der Waals surface area contributed by atoms with Crippen LogP contribution in [0.25, 0.3) is 0 Å². The summed E-state index contributed by atoms with van der Waals surface area (Å²) in [4.78, 5) is 27.8. The lowest BCUT2D eigenvalue weighted by molar-refractivity contribution is -0.136. The molecule has 0 saturated carbocycles. The SMILES string of the molecule is CCN(C(=O)COC(=O)c1cccc(N(C)C)c1)C1CCS(=O)(=O)C1. The molecule has 138 valence electrons. The van der Waals surface area contributed by atoms with Crippen LogP contribution < -0.4 is 4.90 Å². The van der Waals surface area contributed by atoms with Crippen LogP contribution in [0.5, 0.6) is 0 Å². The van der Waals surface area contributed by atoms with Crippen LogP contribution in [0.1, 0.15) is 23.7 Å². The molecule has 7 nitrogen and oxygen atoms in total. The van der Waals surface area contributed by atoms with Crippen LogP contribution in [0.2, 0.25) is 0 Å². The Labute approximate surface area is 148 Å². The van der Waals surface area contributed by atoms with Crippen molar-refractivity contribution in [2.24, 2.45) is 0 Å². The summed E-state index contributed by atoms with van der Waals surface area (Å²) < 4.78 is 28.3. The molecule has 0 spiro atoms. The fourth-order valence-corrected chi connectivity index (χ4v) is 4.59. The summed E-state index contributed by atoms with van der Waals surface area (Å²) in [6, 6.07) is 6.59. The number of sulfone groups is 1. The molecule has 1 heterocycles. The number of ether oxygens (including phenoxy) is 1. The van der Waals surface area contributed by atoms with E-state index in [0.29, 0.717) is 18.5 Å². The van der Waals surface area contributed by atoms with E-state index >= 15 is 0 Å². The first-order valence-corrected chi connectivity index (χ1v) is 10.00. The van der Waals surface area contributed by atoms with Crippen molar-refractivity contribution in [2.75, 3.05) is 43.7 Å². The van der Waals surface area contributed by atoms with Gasteiger partial charge in [-0.2, -0.15) is 0 Å². The van der Waals surface area contributed by atoms with Gasteiger partial charge in [-0.25, -0.2) is 13.2 Å². The quantitative estimate of drug-likeness (QED) is 0.695. The van der Waals surface area contributed by atoms with Crippen LogP contribution >= 0.6 is 0 Å². The molecular formula is C17H24N2O5S. The van der Waals surface area contributed by atoms with Crippen LogP contribution in [-0.4, -0.2) is 70.0 Å². The number of nitrogens with zero attached hydrogens (tertiary/aromatic N) is 2. The number of hydrogen-bond acceptors (Lipinski definition) is 6. The van der Waals surface area contributed by atoms with Gasteiger partial charge in [-0.15, -0.1) is 0 Å².